The highest BCUT2D eigenvalue weighted by Crippen LogP contribution is 2.58. The molecule has 72 valence electrons. The highest BCUT2D eigenvalue weighted by molar-refractivity contribution is 5.76. The Morgan fingerprint density at radius 3 is 3.00 bits per heavy atom. The van der Waals surface area contributed by atoms with Crippen LogP contribution in [-0.2, 0) is 14.3 Å². The molecule has 2 aliphatic carbocycles. The SMILES string of the molecule is CCOC12CC3OC(=O)C(C1)C3C2. The molecule has 0 aromatic carbocycles. The minimum absolute atomic E-state index is 0.000903. The molecule has 3 rings (SSSR count). The summed E-state index contributed by atoms with van der Waals surface area (Å²) in [5, 5.41) is 0. The van der Waals surface area contributed by atoms with Gasteiger partial charge in [-0.1, -0.05) is 0 Å². The Morgan fingerprint density at radius 2 is 2.38 bits per heavy atom. The maximum Gasteiger partial charge on any atom is 0.309 e. The van der Waals surface area contributed by atoms with E-state index in [1.54, 1.807) is 0 Å². The molecule has 2 saturated carbocycles. The molecule has 3 nitrogen and oxygen atoms in total. The number of carbonyl (C=O) groups is 1. The van der Waals surface area contributed by atoms with Crippen LogP contribution in [0.2, 0.25) is 0 Å². The lowest BCUT2D eigenvalue weighted by molar-refractivity contribution is -0.143. The Bertz CT molecular complexity index is 259. The minimum Gasteiger partial charge on any atom is -0.462 e. The summed E-state index contributed by atoms with van der Waals surface area (Å²) in [6, 6.07) is 0. The average molecular weight is 182 g/mol. The second-order valence-electron chi connectivity index (χ2n) is 4.47. The van der Waals surface area contributed by atoms with Gasteiger partial charge in [-0.05, 0) is 19.8 Å². The molecule has 1 heterocycles. The van der Waals surface area contributed by atoms with E-state index in [9.17, 15) is 4.79 Å². The van der Waals surface area contributed by atoms with Gasteiger partial charge >= 0.3 is 5.97 Å². The fourth-order valence-electron chi connectivity index (χ4n) is 3.39. The van der Waals surface area contributed by atoms with Gasteiger partial charge in [0.05, 0.1) is 11.5 Å². The van der Waals surface area contributed by atoms with Crippen LogP contribution in [0.15, 0.2) is 0 Å². The van der Waals surface area contributed by atoms with E-state index in [1.165, 1.54) is 0 Å². The number of carbonyl (C=O) groups excluding carboxylic acids is 1. The molecular weight excluding hydrogens is 168 g/mol. The zero-order chi connectivity index (χ0) is 9.05. The predicted molar refractivity (Wildman–Crippen MR) is 45.1 cm³/mol. The maximum absolute atomic E-state index is 11.4. The van der Waals surface area contributed by atoms with E-state index >= 15 is 0 Å². The van der Waals surface area contributed by atoms with Crippen LogP contribution in [0.25, 0.3) is 0 Å². The van der Waals surface area contributed by atoms with Crippen molar-refractivity contribution in [1.29, 1.82) is 0 Å². The lowest BCUT2D eigenvalue weighted by Gasteiger charge is -2.26. The lowest BCUT2D eigenvalue weighted by atomic mass is 9.88. The lowest BCUT2D eigenvalue weighted by Crippen LogP contribution is -2.31. The van der Waals surface area contributed by atoms with Gasteiger partial charge < -0.3 is 9.47 Å². The van der Waals surface area contributed by atoms with Crippen molar-refractivity contribution in [1.82, 2.24) is 0 Å². The predicted octanol–water partition coefficient (Wildman–Crippen LogP) is 1.12. The van der Waals surface area contributed by atoms with E-state index in [1.807, 2.05) is 6.92 Å². The Hall–Kier alpha value is -0.570. The third-order valence-corrected chi connectivity index (χ3v) is 3.79. The van der Waals surface area contributed by atoms with E-state index in [-0.39, 0.29) is 23.6 Å². The van der Waals surface area contributed by atoms with Crippen molar-refractivity contribution in [2.24, 2.45) is 11.8 Å². The normalized spacial score (nSPS) is 51.5. The van der Waals surface area contributed by atoms with Gasteiger partial charge in [0.25, 0.3) is 0 Å². The minimum atomic E-state index is 0.000903. The zero-order valence-electron chi connectivity index (χ0n) is 7.79. The van der Waals surface area contributed by atoms with Crippen LogP contribution in [0.1, 0.15) is 26.2 Å². The van der Waals surface area contributed by atoms with Gasteiger partial charge in [-0.15, -0.1) is 0 Å². The molecule has 4 unspecified atom stereocenters. The molecule has 2 bridgehead atoms. The van der Waals surface area contributed by atoms with Crippen LogP contribution in [0, 0.1) is 11.8 Å². The molecule has 4 atom stereocenters. The van der Waals surface area contributed by atoms with Gasteiger partial charge in [0.1, 0.15) is 6.10 Å². The number of fused-ring (bicyclic) bond motifs is 1. The number of rotatable bonds is 2. The first-order valence-electron chi connectivity index (χ1n) is 5.08. The van der Waals surface area contributed by atoms with Crippen molar-refractivity contribution in [3.05, 3.63) is 0 Å². The summed E-state index contributed by atoms with van der Waals surface area (Å²) >= 11 is 0. The molecule has 0 aromatic rings. The van der Waals surface area contributed by atoms with Gasteiger partial charge in [-0.2, -0.15) is 0 Å². The molecule has 1 saturated heterocycles. The third-order valence-electron chi connectivity index (χ3n) is 3.79. The van der Waals surface area contributed by atoms with Crippen LogP contribution in [0.3, 0.4) is 0 Å². The maximum atomic E-state index is 11.4. The first-order valence-corrected chi connectivity index (χ1v) is 5.08. The van der Waals surface area contributed by atoms with E-state index in [0.717, 1.165) is 25.9 Å². The summed E-state index contributed by atoms with van der Waals surface area (Å²) < 4.78 is 11.1. The molecule has 3 aliphatic rings. The summed E-state index contributed by atoms with van der Waals surface area (Å²) in [4.78, 5) is 11.4. The van der Waals surface area contributed by atoms with Crippen molar-refractivity contribution in [2.75, 3.05) is 6.61 Å². The summed E-state index contributed by atoms with van der Waals surface area (Å²) in [6.07, 6.45) is 3.06. The molecular formula is C10H14O3. The molecule has 3 heteroatoms. The number of hydrogen-bond acceptors (Lipinski definition) is 3. The second-order valence-corrected chi connectivity index (χ2v) is 4.47. The van der Waals surface area contributed by atoms with Gasteiger partial charge in [0.15, 0.2) is 0 Å². The fraction of sp³-hybridized carbons (Fsp3) is 0.900. The van der Waals surface area contributed by atoms with E-state index < -0.39 is 0 Å². The van der Waals surface area contributed by atoms with Gasteiger partial charge in [-0.25, -0.2) is 0 Å². The number of hydrogen-bond donors (Lipinski definition) is 0. The number of ether oxygens (including phenoxy) is 2. The number of esters is 1. The quantitative estimate of drug-likeness (QED) is 0.600. The standard InChI is InChI=1S/C10H14O3/c1-2-12-10-3-6-7(4-10)9(11)13-8(6)5-10/h6-8H,2-5H2,1H3. The first kappa shape index (κ1) is 7.80. The fourth-order valence-corrected chi connectivity index (χ4v) is 3.39. The average Bonchev–Trinajstić information content (AvgIpc) is 2.61. The largest absolute Gasteiger partial charge is 0.462 e. The van der Waals surface area contributed by atoms with Gasteiger partial charge in [0, 0.05) is 18.9 Å². The second kappa shape index (κ2) is 2.27. The third kappa shape index (κ3) is 0.857. The van der Waals surface area contributed by atoms with Gasteiger partial charge in [-0.3, -0.25) is 4.79 Å². The monoisotopic (exact) mass is 182 g/mol. The molecule has 0 radical (unpaired) electrons. The van der Waals surface area contributed by atoms with Crippen molar-refractivity contribution < 1.29 is 14.3 Å². The molecule has 0 N–H and O–H groups in total. The van der Waals surface area contributed by atoms with Crippen LogP contribution in [0.4, 0.5) is 0 Å². The highest BCUT2D eigenvalue weighted by atomic mass is 16.6. The van der Waals surface area contributed by atoms with Crippen LogP contribution < -0.4 is 0 Å². The summed E-state index contributed by atoms with van der Waals surface area (Å²) in [5.74, 6) is 0.651. The van der Waals surface area contributed by atoms with Crippen molar-refractivity contribution in [2.45, 2.75) is 37.9 Å². The smallest absolute Gasteiger partial charge is 0.309 e. The summed E-state index contributed by atoms with van der Waals surface area (Å²) in [5.41, 5.74) is 0.000903. The van der Waals surface area contributed by atoms with E-state index in [4.69, 9.17) is 9.47 Å². The van der Waals surface area contributed by atoms with Crippen LogP contribution in [0.5, 0.6) is 0 Å². The van der Waals surface area contributed by atoms with Crippen LogP contribution >= 0.6 is 0 Å². The molecule has 3 fully saturated rings. The molecule has 0 amide bonds. The molecule has 1 aliphatic heterocycles. The van der Waals surface area contributed by atoms with Crippen molar-refractivity contribution in [3.63, 3.8) is 0 Å². The van der Waals surface area contributed by atoms with Crippen molar-refractivity contribution >= 4 is 5.97 Å². The van der Waals surface area contributed by atoms with Crippen molar-refractivity contribution in [3.8, 4) is 0 Å². The van der Waals surface area contributed by atoms with E-state index in [0.29, 0.717) is 5.92 Å². The zero-order valence-corrected chi connectivity index (χ0v) is 7.79. The molecule has 0 aromatic heterocycles. The Morgan fingerprint density at radius 1 is 1.54 bits per heavy atom. The Kier molecular flexibility index (Phi) is 1.36. The van der Waals surface area contributed by atoms with Crippen LogP contribution in [-0.4, -0.2) is 24.3 Å². The molecule has 13 heavy (non-hydrogen) atoms. The first-order chi connectivity index (χ1) is 6.24. The van der Waals surface area contributed by atoms with E-state index in [2.05, 4.69) is 0 Å². The Balaban J connectivity index is 1.89. The van der Waals surface area contributed by atoms with Gasteiger partial charge in [0.2, 0.25) is 0 Å². The molecule has 0 spiro atoms. The highest BCUT2D eigenvalue weighted by Gasteiger charge is 2.64. The summed E-state index contributed by atoms with van der Waals surface area (Å²) in [7, 11) is 0. The Labute approximate surface area is 77.4 Å². The summed E-state index contributed by atoms with van der Waals surface area (Å²) in [6.45, 7) is 2.77. The topological polar surface area (TPSA) is 35.5 Å².